The van der Waals surface area contributed by atoms with Crippen LogP contribution in [0.4, 0.5) is 0 Å². The van der Waals surface area contributed by atoms with Crippen molar-refractivity contribution in [2.75, 3.05) is 26.4 Å². The fraction of sp³-hybridized carbons (Fsp3) is 0.556. The minimum Gasteiger partial charge on any atom is -0.494 e. The maximum Gasteiger partial charge on any atom is 0.198 e. The normalized spacial score (nSPS) is 30.4. The zero-order chi connectivity index (χ0) is 22.9. The third-order valence-electron chi connectivity index (χ3n) is 6.87. The number of ether oxygens (including phenoxy) is 5. The van der Waals surface area contributed by atoms with E-state index in [0.717, 1.165) is 60.8 Å². The lowest BCUT2D eigenvalue weighted by Gasteiger charge is -2.41. The predicted molar refractivity (Wildman–Crippen MR) is 127 cm³/mol. The second-order valence-electron chi connectivity index (χ2n) is 9.34. The second-order valence-corrected chi connectivity index (χ2v) is 9.75. The SMILES string of the molecule is CCCCO[C@@H]1C[C@@]2(c3ccc(Cl)c(Cc4ccc(OCC)cc4)c3)OC[C@@](C3CO3)(C1)O2. The first-order valence-corrected chi connectivity index (χ1v) is 12.5. The fourth-order valence-corrected chi connectivity index (χ4v) is 5.22. The van der Waals surface area contributed by atoms with Gasteiger partial charge in [0.1, 0.15) is 17.5 Å². The molecule has 3 heterocycles. The van der Waals surface area contributed by atoms with Gasteiger partial charge in [-0.05, 0) is 55.2 Å². The van der Waals surface area contributed by atoms with Gasteiger partial charge in [0.25, 0.3) is 0 Å². The Morgan fingerprint density at radius 3 is 2.64 bits per heavy atom. The van der Waals surface area contributed by atoms with Crippen molar-refractivity contribution < 1.29 is 23.7 Å². The summed E-state index contributed by atoms with van der Waals surface area (Å²) >= 11 is 6.62. The molecule has 0 aromatic heterocycles. The maximum absolute atomic E-state index is 6.72. The van der Waals surface area contributed by atoms with Crippen molar-refractivity contribution in [2.45, 2.75) is 69.5 Å². The molecule has 0 saturated carbocycles. The number of unbranched alkanes of at least 4 members (excludes halogenated alkanes) is 1. The molecular formula is C27H33ClO5. The van der Waals surface area contributed by atoms with Crippen LogP contribution >= 0.6 is 11.6 Å². The summed E-state index contributed by atoms with van der Waals surface area (Å²) in [5.41, 5.74) is 2.80. The lowest BCUT2D eigenvalue weighted by atomic mass is 9.85. The highest BCUT2D eigenvalue weighted by Gasteiger charge is 2.64. The van der Waals surface area contributed by atoms with Crippen LogP contribution in [0.25, 0.3) is 0 Å². The van der Waals surface area contributed by atoms with Gasteiger partial charge in [0.2, 0.25) is 0 Å². The molecule has 3 aliphatic heterocycles. The average molecular weight is 473 g/mol. The Bertz CT molecular complexity index is 959. The molecule has 0 spiro atoms. The number of hydrogen-bond donors (Lipinski definition) is 0. The summed E-state index contributed by atoms with van der Waals surface area (Å²) in [6.07, 6.45) is 4.57. The van der Waals surface area contributed by atoms with Crippen LogP contribution < -0.4 is 4.74 Å². The summed E-state index contributed by atoms with van der Waals surface area (Å²) in [4.78, 5) is 0. The summed E-state index contributed by atoms with van der Waals surface area (Å²) in [7, 11) is 0. The molecule has 0 N–H and O–H groups in total. The van der Waals surface area contributed by atoms with Crippen molar-refractivity contribution in [2.24, 2.45) is 0 Å². The van der Waals surface area contributed by atoms with E-state index in [4.69, 9.17) is 35.3 Å². The Morgan fingerprint density at radius 2 is 1.91 bits per heavy atom. The Kier molecular flexibility index (Phi) is 6.69. The van der Waals surface area contributed by atoms with Gasteiger partial charge in [-0.3, -0.25) is 0 Å². The average Bonchev–Trinajstić information content (AvgIpc) is 3.63. The predicted octanol–water partition coefficient (Wildman–Crippen LogP) is 5.65. The van der Waals surface area contributed by atoms with E-state index < -0.39 is 11.4 Å². The monoisotopic (exact) mass is 472 g/mol. The second kappa shape index (κ2) is 9.55. The lowest BCUT2D eigenvalue weighted by Crippen LogP contribution is -2.50. The van der Waals surface area contributed by atoms with Gasteiger partial charge in [-0.1, -0.05) is 43.1 Å². The fourth-order valence-electron chi connectivity index (χ4n) is 5.04. The minimum absolute atomic E-state index is 0.0854. The smallest absolute Gasteiger partial charge is 0.198 e. The Balaban J connectivity index is 1.39. The molecule has 178 valence electrons. The van der Waals surface area contributed by atoms with Crippen molar-refractivity contribution in [3.63, 3.8) is 0 Å². The third-order valence-corrected chi connectivity index (χ3v) is 7.24. The van der Waals surface area contributed by atoms with E-state index in [1.54, 1.807) is 0 Å². The van der Waals surface area contributed by atoms with Crippen LogP contribution in [0.2, 0.25) is 5.02 Å². The molecule has 2 aromatic carbocycles. The van der Waals surface area contributed by atoms with Crippen LogP contribution in [0, 0.1) is 0 Å². The molecule has 0 radical (unpaired) electrons. The number of benzene rings is 2. The van der Waals surface area contributed by atoms with Crippen LogP contribution in [0.15, 0.2) is 42.5 Å². The first-order valence-electron chi connectivity index (χ1n) is 12.1. The van der Waals surface area contributed by atoms with Gasteiger partial charge in [-0.15, -0.1) is 0 Å². The van der Waals surface area contributed by atoms with Gasteiger partial charge in [0.05, 0.1) is 25.9 Å². The summed E-state index contributed by atoms with van der Waals surface area (Å²) in [5.74, 6) is 0.0573. The van der Waals surface area contributed by atoms with Gasteiger partial charge in [-0.25, -0.2) is 0 Å². The zero-order valence-corrected chi connectivity index (χ0v) is 20.2. The summed E-state index contributed by atoms with van der Waals surface area (Å²) < 4.78 is 30.7. The molecule has 2 aromatic rings. The molecule has 1 unspecified atom stereocenters. The van der Waals surface area contributed by atoms with E-state index in [9.17, 15) is 0 Å². The van der Waals surface area contributed by atoms with Gasteiger partial charge >= 0.3 is 0 Å². The molecular weight excluding hydrogens is 440 g/mol. The molecule has 0 aliphatic carbocycles. The summed E-state index contributed by atoms with van der Waals surface area (Å²) in [6, 6.07) is 14.3. The van der Waals surface area contributed by atoms with E-state index in [1.165, 1.54) is 5.56 Å². The van der Waals surface area contributed by atoms with E-state index in [1.807, 2.05) is 31.2 Å². The molecule has 0 amide bonds. The molecule has 3 fully saturated rings. The number of rotatable bonds is 10. The first kappa shape index (κ1) is 23.1. The van der Waals surface area contributed by atoms with Gasteiger partial charge < -0.3 is 23.7 Å². The van der Waals surface area contributed by atoms with E-state index in [0.29, 0.717) is 19.6 Å². The molecule has 2 bridgehead atoms. The third kappa shape index (κ3) is 4.80. The topological polar surface area (TPSA) is 49.5 Å². The van der Waals surface area contributed by atoms with Crippen LogP contribution in [-0.4, -0.2) is 44.2 Å². The number of epoxide rings is 1. The summed E-state index contributed by atoms with van der Waals surface area (Å²) in [5, 5.41) is 0.741. The van der Waals surface area contributed by atoms with E-state index in [2.05, 4.69) is 25.1 Å². The van der Waals surface area contributed by atoms with Crippen molar-refractivity contribution >= 4 is 11.6 Å². The largest absolute Gasteiger partial charge is 0.494 e. The van der Waals surface area contributed by atoms with Crippen LogP contribution in [0.1, 0.15) is 56.2 Å². The number of hydrogen-bond acceptors (Lipinski definition) is 5. The van der Waals surface area contributed by atoms with Crippen LogP contribution in [0.5, 0.6) is 5.75 Å². The quantitative estimate of drug-likeness (QED) is 0.330. The molecule has 5 rings (SSSR count). The van der Waals surface area contributed by atoms with Gasteiger partial charge in [-0.2, -0.15) is 0 Å². The van der Waals surface area contributed by atoms with Crippen molar-refractivity contribution in [3.05, 3.63) is 64.2 Å². The van der Waals surface area contributed by atoms with Crippen molar-refractivity contribution in [1.29, 1.82) is 0 Å². The highest BCUT2D eigenvalue weighted by Crippen LogP contribution is 2.54. The Hall–Kier alpha value is -1.63. The van der Waals surface area contributed by atoms with Crippen molar-refractivity contribution in [3.8, 4) is 5.75 Å². The summed E-state index contributed by atoms with van der Waals surface area (Å²) in [6.45, 7) is 6.85. The molecule has 3 aliphatic rings. The Morgan fingerprint density at radius 1 is 1.09 bits per heavy atom. The van der Waals surface area contributed by atoms with E-state index in [-0.39, 0.29) is 12.2 Å². The molecule has 33 heavy (non-hydrogen) atoms. The van der Waals surface area contributed by atoms with Gasteiger partial charge in [0, 0.05) is 30.0 Å². The van der Waals surface area contributed by atoms with Crippen molar-refractivity contribution in [1.82, 2.24) is 0 Å². The van der Waals surface area contributed by atoms with Gasteiger partial charge in [0.15, 0.2) is 5.79 Å². The van der Waals surface area contributed by atoms with Crippen LogP contribution in [0.3, 0.4) is 0 Å². The van der Waals surface area contributed by atoms with E-state index >= 15 is 0 Å². The Labute approximate surface area is 201 Å². The molecule has 6 heteroatoms. The highest BCUT2D eigenvalue weighted by atomic mass is 35.5. The molecule has 4 atom stereocenters. The standard InChI is InChI=1S/C27H33ClO5/c1-3-5-12-30-23-15-26(25-17-31-25)18-32-27(16-23,33-26)21-8-11-24(28)20(14-21)13-19-6-9-22(10-7-19)29-4-2/h6-11,14,23,25H,3-5,12-13,15-18H2,1-2H3/t23-,25?,26+,27+/m0/s1. The molecule has 3 saturated heterocycles. The highest BCUT2D eigenvalue weighted by molar-refractivity contribution is 6.31. The van der Waals surface area contributed by atoms with Crippen LogP contribution in [-0.2, 0) is 31.2 Å². The first-order chi connectivity index (χ1) is 16.1. The zero-order valence-electron chi connectivity index (χ0n) is 19.5. The lowest BCUT2D eigenvalue weighted by molar-refractivity contribution is -0.251. The maximum atomic E-state index is 6.72. The number of halogens is 1. The minimum atomic E-state index is -0.820. The molecule has 5 nitrogen and oxygen atoms in total. The number of fused-ring (bicyclic) bond motifs is 2.